The summed E-state index contributed by atoms with van der Waals surface area (Å²) in [5, 5.41) is 12.6. The third-order valence-electron chi connectivity index (χ3n) is 3.23. The Morgan fingerprint density at radius 2 is 2.26 bits per heavy atom. The van der Waals surface area contributed by atoms with Crippen LogP contribution in [0, 0.1) is 0 Å². The lowest BCUT2D eigenvalue weighted by Crippen LogP contribution is -2.19. The van der Waals surface area contributed by atoms with Crippen LogP contribution < -0.4 is 15.4 Å². The first-order valence-corrected chi connectivity index (χ1v) is 6.95. The molecule has 23 heavy (non-hydrogen) atoms. The van der Waals surface area contributed by atoms with Crippen LogP contribution in [0.4, 0.5) is 16.3 Å². The maximum Gasteiger partial charge on any atom is 0.412 e. The largest absolute Gasteiger partial charge is 0.493 e. The first kappa shape index (κ1) is 14.8. The number of nitrogens with zero attached hydrogens (tertiary/aromatic N) is 3. The van der Waals surface area contributed by atoms with E-state index in [0.29, 0.717) is 12.3 Å². The Morgan fingerprint density at radius 3 is 3.09 bits per heavy atom. The smallest absolute Gasteiger partial charge is 0.412 e. The molecule has 2 aromatic rings. The molecule has 0 bridgehead atoms. The van der Waals surface area contributed by atoms with Crippen LogP contribution in [-0.4, -0.2) is 40.7 Å². The van der Waals surface area contributed by atoms with Gasteiger partial charge in [0.15, 0.2) is 5.82 Å². The molecule has 9 nitrogen and oxygen atoms in total. The van der Waals surface area contributed by atoms with E-state index in [1.807, 2.05) is 12.1 Å². The summed E-state index contributed by atoms with van der Waals surface area (Å²) in [6, 6.07) is 5.52. The number of aromatic nitrogens is 3. The number of methoxy groups -OCH3 is 1. The molecule has 1 aromatic heterocycles. The Balaban J connectivity index is 1.58. The number of carbonyl (C=O) groups excluding carboxylic acids is 2. The van der Waals surface area contributed by atoms with Gasteiger partial charge in [0.05, 0.1) is 19.9 Å². The van der Waals surface area contributed by atoms with Crippen molar-refractivity contribution in [2.45, 2.75) is 13.0 Å². The van der Waals surface area contributed by atoms with Crippen molar-refractivity contribution in [1.82, 2.24) is 15.0 Å². The Labute approximate surface area is 131 Å². The molecule has 1 aliphatic rings. The topological polar surface area (TPSA) is 107 Å². The van der Waals surface area contributed by atoms with Crippen LogP contribution in [0.3, 0.4) is 0 Å². The number of hydrogen-bond donors (Lipinski definition) is 2. The van der Waals surface area contributed by atoms with Crippen LogP contribution in [0.15, 0.2) is 24.4 Å². The van der Waals surface area contributed by atoms with Gasteiger partial charge in [0, 0.05) is 12.1 Å². The van der Waals surface area contributed by atoms with Crippen molar-refractivity contribution in [3.8, 4) is 5.75 Å². The maximum absolute atomic E-state index is 12.0. The molecule has 3 rings (SSSR count). The summed E-state index contributed by atoms with van der Waals surface area (Å²) in [5.41, 5.74) is 1.78. The number of anilines is 2. The van der Waals surface area contributed by atoms with Gasteiger partial charge in [-0.2, -0.15) is 0 Å². The molecule has 0 aliphatic carbocycles. The summed E-state index contributed by atoms with van der Waals surface area (Å²) in [5.74, 6) is 0.815. The molecule has 2 amide bonds. The van der Waals surface area contributed by atoms with Crippen LogP contribution in [0.5, 0.6) is 5.75 Å². The number of rotatable bonds is 4. The second-order valence-corrected chi connectivity index (χ2v) is 4.89. The highest BCUT2D eigenvalue weighted by molar-refractivity contribution is 5.90. The third kappa shape index (κ3) is 3.57. The average molecular weight is 317 g/mol. The van der Waals surface area contributed by atoms with Gasteiger partial charge in [-0.15, -0.1) is 5.10 Å². The van der Waals surface area contributed by atoms with E-state index in [4.69, 9.17) is 4.74 Å². The van der Waals surface area contributed by atoms with E-state index >= 15 is 0 Å². The van der Waals surface area contributed by atoms with E-state index in [1.54, 1.807) is 6.07 Å². The number of nitrogens with one attached hydrogen (secondary N) is 2. The molecular formula is C14H15N5O4. The summed E-state index contributed by atoms with van der Waals surface area (Å²) in [7, 11) is 1.24. The minimum absolute atomic E-state index is 0.0244. The standard InChI is InChI=1S/C14H15N5O4/c1-22-14(21)16-12-7-19(18-17-12)8-13(20)15-10-2-3-11-9(6-10)4-5-23-11/h2-3,6-7H,4-5,8H2,1H3,(H,15,20)(H,16,21). The van der Waals surface area contributed by atoms with E-state index in [-0.39, 0.29) is 18.3 Å². The second kappa shape index (κ2) is 6.34. The first-order chi connectivity index (χ1) is 11.1. The van der Waals surface area contributed by atoms with E-state index in [2.05, 4.69) is 25.7 Å². The van der Waals surface area contributed by atoms with Gasteiger partial charge in [0.2, 0.25) is 5.91 Å². The van der Waals surface area contributed by atoms with E-state index in [9.17, 15) is 9.59 Å². The molecule has 0 fully saturated rings. The van der Waals surface area contributed by atoms with Gasteiger partial charge >= 0.3 is 6.09 Å². The van der Waals surface area contributed by atoms with Gasteiger partial charge < -0.3 is 14.8 Å². The molecule has 0 saturated carbocycles. The van der Waals surface area contributed by atoms with E-state index < -0.39 is 6.09 Å². The van der Waals surface area contributed by atoms with Crippen molar-refractivity contribution in [3.63, 3.8) is 0 Å². The van der Waals surface area contributed by atoms with Crippen LogP contribution in [-0.2, 0) is 22.5 Å². The summed E-state index contributed by atoms with van der Waals surface area (Å²) >= 11 is 0. The van der Waals surface area contributed by atoms with Crippen molar-refractivity contribution in [3.05, 3.63) is 30.0 Å². The number of amides is 2. The summed E-state index contributed by atoms with van der Waals surface area (Å²) in [6.45, 7) is 0.644. The highest BCUT2D eigenvalue weighted by Crippen LogP contribution is 2.27. The molecule has 2 N–H and O–H groups in total. The molecule has 120 valence electrons. The molecule has 0 atom stereocenters. The van der Waals surface area contributed by atoms with Crippen molar-refractivity contribution in [1.29, 1.82) is 0 Å². The quantitative estimate of drug-likeness (QED) is 0.872. The van der Waals surface area contributed by atoms with E-state index in [1.165, 1.54) is 18.0 Å². The molecule has 0 unspecified atom stereocenters. The summed E-state index contributed by atoms with van der Waals surface area (Å²) in [6.07, 6.45) is 1.62. The minimum Gasteiger partial charge on any atom is -0.493 e. The predicted octanol–water partition coefficient (Wildman–Crippen LogP) is 1.03. The molecule has 1 aliphatic heterocycles. The average Bonchev–Trinajstić information content (AvgIpc) is 3.15. The molecule has 0 saturated heterocycles. The number of benzene rings is 1. The molecule has 2 heterocycles. The van der Waals surface area contributed by atoms with Gasteiger partial charge in [-0.05, 0) is 23.8 Å². The summed E-state index contributed by atoms with van der Waals surface area (Å²) in [4.78, 5) is 23.1. The van der Waals surface area contributed by atoms with Gasteiger partial charge in [-0.1, -0.05) is 5.21 Å². The molecule has 0 spiro atoms. The van der Waals surface area contributed by atoms with E-state index in [0.717, 1.165) is 17.7 Å². The maximum atomic E-state index is 12.0. The Morgan fingerprint density at radius 1 is 1.39 bits per heavy atom. The Bertz CT molecular complexity index is 743. The highest BCUT2D eigenvalue weighted by Gasteiger charge is 2.13. The fraction of sp³-hybridized carbons (Fsp3) is 0.286. The number of hydrogen-bond acceptors (Lipinski definition) is 6. The van der Waals surface area contributed by atoms with Crippen molar-refractivity contribution < 1.29 is 19.1 Å². The lowest BCUT2D eigenvalue weighted by Gasteiger charge is -2.06. The van der Waals surface area contributed by atoms with Crippen molar-refractivity contribution in [2.24, 2.45) is 0 Å². The Kier molecular flexibility index (Phi) is 4.09. The molecule has 9 heteroatoms. The normalized spacial score (nSPS) is 12.2. The van der Waals surface area contributed by atoms with Gasteiger partial charge in [-0.25, -0.2) is 9.48 Å². The SMILES string of the molecule is COC(=O)Nc1cn(CC(=O)Nc2ccc3c(c2)CCO3)nn1. The zero-order chi connectivity index (χ0) is 16.2. The monoisotopic (exact) mass is 317 g/mol. The second-order valence-electron chi connectivity index (χ2n) is 4.89. The third-order valence-corrected chi connectivity index (χ3v) is 3.23. The predicted molar refractivity (Wildman–Crippen MR) is 80.3 cm³/mol. The lowest BCUT2D eigenvalue weighted by molar-refractivity contribution is -0.116. The fourth-order valence-electron chi connectivity index (χ4n) is 2.20. The van der Waals surface area contributed by atoms with Gasteiger partial charge in [0.25, 0.3) is 0 Å². The fourth-order valence-corrected chi connectivity index (χ4v) is 2.20. The molecule has 1 aromatic carbocycles. The number of carbonyl (C=O) groups is 2. The lowest BCUT2D eigenvalue weighted by atomic mass is 10.1. The number of ether oxygens (including phenoxy) is 2. The van der Waals surface area contributed by atoms with Crippen LogP contribution in [0.1, 0.15) is 5.56 Å². The van der Waals surface area contributed by atoms with Crippen molar-refractivity contribution in [2.75, 3.05) is 24.4 Å². The molecule has 0 radical (unpaired) electrons. The zero-order valence-corrected chi connectivity index (χ0v) is 12.4. The van der Waals surface area contributed by atoms with Crippen LogP contribution in [0.2, 0.25) is 0 Å². The summed E-state index contributed by atoms with van der Waals surface area (Å²) < 4.78 is 11.2. The Hall–Kier alpha value is -3.10. The van der Waals surface area contributed by atoms with Gasteiger partial charge in [0.1, 0.15) is 12.3 Å². The molecular weight excluding hydrogens is 302 g/mol. The van der Waals surface area contributed by atoms with Gasteiger partial charge in [-0.3, -0.25) is 10.1 Å². The zero-order valence-electron chi connectivity index (χ0n) is 12.4. The highest BCUT2D eigenvalue weighted by atomic mass is 16.5. The number of fused-ring (bicyclic) bond motifs is 1. The van der Waals surface area contributed by atoms with Crippen molar-refractivity contribution >= 4 is 23.5 Å². The van der Waals surface area contributed by atoms with Crippen LogP contribution in [0.25, 0.3) is 0 Å². The first-order valence-electron chi connectivity index (χ1n) is 6.95. The minimum atomic E-state index is -0.651. The van der Waals surface area contributed by atoms with Crippen LogP contribution >= 0.6 is 0 Å².